The van der Waals surface area contributed by atoms with E-state index in [1.807, 2.05) is 0 Å². The SMILES string of the molecule is COC(=O)c1ccccc1NC(=O)COC(=O)c1ccc(OC)c(OC)c1OC. The lowest BCUT2D eigenvalue weighted by Gasteiger charge is -2.15. The number of esters is 2. The molecule has 0 unspecified atom stereocenters. The van der Waals surface area contributed by atoms with Crippen LogP contribution in [0.3, 0.4) is 0 Å². The first-order valence-electron chi connectivity index (χ1n) is 8.40. The van der Waals surface area contributed by atoms with Crippen molar-refractivity contribution in [2.24, 2.45) is 0 Å². The number of methoxy groups -OCH3 is 4. The highest BCUT2D eigenvalue weighted by molar-refractivity contribution is 6.02. The molecule has 1 amide bonds. The lowest BCUT2D eigenvalue weighted by molar-refractivity contribution is -0.119. The fourth-order valence-electron chi connectivity index (χ4n) is 2.54. The Bertz CT molecular complexity index is 909. The van der Waals surface area contributed by atoms with Gasteiger partial charge in [-0.05, 0) is 24.3 Å². The van der Waals surface area contributed by atoms with Crippen LogP contribution in [0.2, 0.25) is 0 Å². The second-order valence-electron chi connectivity index (χ2n) is 5.54. The molecule has 9 nitrogen and oxygen atoms in total. The van der Waals surface area contributed by atoms with Gasteiger partial charge in [0.05, 0.1) is 39.7 Å². The molecule has 0 aliphatic carbocycles. The van der Waals surface area contributed by atoms with Crippen LogP contribution < -0.4 is 19.5 Å². The molecule has 0 saturated carbocycles. The molecule has 2 rings (SSSR count). The molecular formula is C20H21NO8. The Morgan fingerprint density at radius 2 is 1.48 bits per heavy atom. The Morgan fingerprint density at radius 1 is 0.793 bits per heavy atom. The normalized spacial score (nSPS) is 9.93. The van der Waals surface area contributed by atoms with Crippen LogP contribution in [0, 0.1) is 0 Å². The zero-order valence-electron chi connectivity index (χ0n) is 16.4. The van der Waals surface area contributed by atoms with E-state index in [2.05, 4.69) is 10.1 Å². The average Bonchev–Trinajstić information content (AvgIpc) is 2.75. The molecule has 0 heterocycles. The monoisotopic (exact) mass is 403 g/mol. The largest absolute Gasteiger partial charge is 0.493 e. The van der Waals surface area contributed by atoms with Gasteiger partial charge in [-0.15, -0.1) is 0 Å². The van der Waals surface area contributed by atoms with Gasteiger partial charge < -0.3 is 29.0 Å². The molecule has 0 atom stereocenters. The number of hydrogen-bond acceptors (Lipinski definition) is 8. The molecule has 0 bridgehead atoms. The maximum atomic E-state index is 12.4. The molecule has 2 aromatic carbocycles. The van der Waals surface area contributed by atoms with Gasteiger partial charge >= 0.3 is 11.9 Å². The van der Waals surface area contributed by atoms with Crippen LogP contribution in [-0.4, -0.2) is 52.9 Å². The quantitative estimate of drug-likeness (QED) is 0.669. The first-order valence-corrected chi connectivity index (χ1v) is 8.40. The van der Waals surface area contributed by atoms with Crippen LogP contribution in [0.4, 0.5) is 5.69 Å². The molecule has 0 radical (unpaired) electrons. The zero-order chi connectivity index (χ0) is 21.4. The van der Waals surface area contributed by atoms with Crippen molar-refractivity contribution < 1.29 is 38.1 Å². The third-order valence-electron chi connectivity index (χ3n) is 3.86. The summed E-state index contributed by atoms with van der Waals surface area (Å²) in [5.74, 6) is -1.31. The zero-order valence-corrected chi connectivity index (χ0v) is 16.4. The van der Waals surface area contributed by atoms with Crippen molar-refractivity contribution in [1.29, 1.82) is 0 Å². The van der Waals surface area contributed by atoms with E-state index in [1.54, 1.807) is 12.1 Å². The fraction of sp³-hybridized carbons (Fsp3) is 0.250. The van der Waals surface area contributed by atoms with Crippen molar-refractivity contribution in [2.75, 3.05) is 40.4 Å². The van der Waals surface area contributed by atoms with Gasteiger partial charge in [-0.25, -0.2) is 9.59 Å². The van der Waals surface area contributed by atoms with Gasteiger partial charge in [-0.3, -0.25) is 4.79 Å². The predicted octanol–water partition coefficient (Wildman–Crippen LogP) is 2.29. The molecule has 0 fully saturated rings. The minimum absolute atomic E-state index is 0.0629. The highest BCUT2D eigenvalue weighted by Gasteiger charge is 2.22. The molecule has 1 N–H and O–H groups in total. The fourth-order valence-corrected chi connectivity index (χ4v) is 2.54. The van der Waals surface area contributed by atoms with E-state index in [-0.39, 0.29) is 28.3 Å². The number of benzene rings is 2. The Labute approximate surface area is 167 Å². The molecule has 29 heavy (non-hydrogen) atoms. The summed E-state index contributed by atoms with van der Waals surface area (Å²) in [6.45, 7) is -0.578. The van der Waals surface area contributed by atoms with Crippen molar-refractivity contribution in [2.45, 2.75) is 0 Å². The summed E-state index contributed by atoms with van der Waals surface area (Å²) in [4.78, 5) is 36.3. The van der Waals surface area contributed by atoms with E-state index in [4.69, 9.17) is 18.9 Å². The number of anilines is 1. The summed E-state index contributed by atoms with van der Waals surface area (Å²) in [5, 5.41) is 2.51. The van der Waals surface area contributed by atoms with Gasteiger partial charge in [0, 0.05) is 0 Å². The summed E-state index contributed by atoms with van der Waals surface area (Å²) in [7, 11) is 5.46. The highest BCUT2D eigenvalue weighted by Crippen LogP contribution is 2.39. The number of carbonyl (C=O) groups is 3. The summed E-state index contributed by atoms with van der Waals surface area (Å²) in [6, 6.07) is 9.26. The maximum Gasteiger partial charge on any atom is 0.342 e. The third kappa shape index (κ3) is 4.95. The van der Waals surface area contributed by atoms with E-state index < -0.39 is 24.5 Å². The smallest absolute Gasteiger partial charge is 0.342 e. The van der Waals surface area contributed by atoms with Gasteiger partial charge in [0.1, 0.15) is 5.56 Å². The van der Waals surface area contributed by atoms with E-state index in [9.17, 15) is 14.4 Å². The number of amides is 1. The molecule has 0 aliphatic heterocycles. The Hall–Kier alpha value is -3.75. The number of carbonyl (C=O) groups excluding carboxylic acids is 3. The van der Waals surface area contributed by atoms with Gasteiger partial charge in [-0.2, -0.15) is 0 Å². The van der Waals surface area contributed by atoms with Crippen LogP contribution >= 0.6 is 0 Å². The number of ether oxygens (including phenoxy) is 5. The molecule has 0 saturated heterocycles. The highest BCUT2D eigenvalue weighted by atomic mass is 16.5. The Balaban J connectivity index is 2.10. The van der Waals surface area contributed by atoms with Gasteiger partial charge in [-0.1, -0.05) is 12.1 Å². The maximum absolute atomic E-state index is 12.4. The van der Waals surface area contributed by atoms with Crippen LogP contribution in [0.15, 0.2) is 36.4 Å². The van der Waals surface area contributed by atoms with Crippen molar-refractivity contribution in [3.63, 3.8) is 0 Å². The van der Waals surface area contributed by atoms with Gasteiger partial charge in [0.25, 0.3) is 5.91 Å². The lowest BCUT2D eigenvalue weighted by atomic mass is 10.1. The van der Waals surface area contributed by atoms with Gasteiger partial charge in [0.2, 0.25) is 5.75 Å². The van der Waals surface area contributed by atoms with E-state index >= 15 is 0 Å². The number of nitrogens with one attached hydrogen (secondary N) is 1. The molecule has 0 aliphatic rings. The number of para-hydroxylation sites is 1. The molecule has 9 heteroatoms. The third-order valence-corrected chi connectivity index (χ3v) is 3.86. The molecule has 154 valence electrons. The average molecular weight is 403 g/mol. The topological polar surface area (TPSA) is 109 Å². The molecule has 2 aromatic rings. The van der Waals surface area contributed by atoms with Crippen molar-refractivity contribution in [3.05, 3.63) is 47.5 Å². The summed E-state index contributed by atoms with van der Waals surface area (Å²) in [6.07, 6.45) is 0. The van der Waals surface area contributed by atoms with Crippen LogP contribution in [-0.2, 0) is 14.3 Å². The van der Waals surface area contributed by atoms with Crippen LogP contribution in [0.1, 0.15) is 20.7 Å². The summed E-state index contributed by atoms with van der Waals surface area (Å²) < 4.78 is 25.3. The molecular weight excluding hydrogens is 382 g/mol. The van der Waals surface area contributed by atoms with Gasteiger partial charge in [0.15, 0.2) is 18.1 Å². The van der Waals surface area contributed by atoms with E-state index in [0.717, 1.165) is 0 Å². The van der Waals surface area contributed by atoms with E-state index in [0.29, 0.717) is 5.75 Å². The van der Waals surface area contributed by atoms with Crippen LogP contribution in [0.5, 0.6) is 17.2 Å². The molecule has 0 spiro atoms. The number of hydrogen-bond donors (Lipinski definition) is 1. The first kappa shape index (κ1) is 21.5. The summed E-state index contributed by atoms with van der Waals surface area (Å²) in [5.41, 5.74) is 0.480. The Morgan fingerprint density at radius 3 is 2.10 bits per heavy atom. The minimum Gasteiger partial charge on any atom is -0.493 e. The standard InChI is InChI=1S/C20H21NO8/c1-25-15-10-9-13(17(26-2)18(15)27-3)20(24)29-11-16(22)21-14-8-6-5-7-12(14)19(23)28-4/h5-10H,11H2,1-4H3,(H,21,22). The van der Waals surface area contributed by atoms with Crippen LogP contribution in [0.25, 0.3) is 0 Å². The predicted molar refractivity (Wildman–Crippen MR) is 103 cm³/mol. The minimum atomic E-state index is -0.792. The second kappa shape index (κ2) is 9.98. The molecule has 0 aromatic heterocycles. The van der Waals surface area contributed by atoms with Crippen molar-refractivity contribution >= 4 is 23.5 Å². The van der Waals surface area contributed by atoms with Crippen molar-refractivity contribution in [3.8, 4) is 17.2 Å². The first-order chi connectivity index (χ1) is 14.0. The summed E-state index contributed by atoms with van der Waals surface area (Å²) >= 11 is 0. The Kier molecular flexibility index (Phi) is 7.41. The lowest BCUT2D eigenvalue weighted by Crippen LogP contribution is -2.22. The van der Waals surface area contributed by atoms with E-state index in [1.165, 1.54) is 52.7 Å². The number of rotatable bonds is 8. The van der Waals surface area contributed by atoms with Crippen molar-refractivity contribution in [1.82, 2.24) is 0 Å². The second-order valence-corrected chi connectivity index (χ2v) is 5.54.